The number of ether oxygens (including phenoxy) is 2. The van der Waals surface area contributed by atoms with Gasteiger partial charge >= 0.3 is 12.1 Å². The third kappa shape index (κ3) is 5.04. The number of fused-ring (bicyclic) bond motifs is 1. The highest BCUT2D eigenvalue weighted by atomic mass is 19.1. The van der Waals surface area contributed by atoms with Crippen molar-refractivity contribution in [1.82, 2.24) is 4.90 Å². The molecular weight excluding hydrogens is 409 g/mol. The summed E-state index contributed by atoms with van der Waals surface area (Å²) in [4.78, 5) is 27.2. The number of benzene rings is 2. The summed E-state index contributed by atoms with van der Waals surface area (Å²) in [7, 11) is 0. The normalized spacial score (nSPS) is 16.7. The number of likely N-dealkylation sites (tertiary alicyclic amines) is 1. The molecule has 5 nitrogen and oxygen atoms in total. The molecule has 1 amide bonds. The average Bonchev–Trinajstić information content (AvgIpc) is 2.72. The van der Waals surface area contributed by atoms with Gasteiger partial charge in [0.15, 0.2) is 0 Å². The number of halogens is 1. The van der Waals surface area contributed by atoms with E-state index in [0.717, 1.165) is 18.4 Å². The van der Waals surface area contributed by atoms with Crippen LogP contribution in [0.2, 0.25) is 0 Å². The van der Waals surface area contributed by atoms with Crippen LogP contribution >= 0.6 is 0 Å². The standard InChI is InChI=1S/C26H30FNO4/c1-7-19-21(27)12-11-17-14-18(15-20(16(2)3)23(17)19)31-25(30)28-13-9-8-10-22(28)24(29)32-26(4,5)6/h1,11-12,14-16,22H,8-10,13H2,2-6H3. The second-order valence-corrected chi connectivity index (χ2v) is 9.44. The van der Waals surface area contributed by atoms with Crippen LogP contribution in [0.1, 0.15) is 70.9 Å². The van der Waals surface area contributed by atoms with Gasteiger partial charge in [-0.3, -0.25) is 4.90 Å². The smallest absolute Gasteiger partial charge is 0.415 e. The molecule has 0 bridgehead atoms. The van der Waals surface area contributed by atoms with E-state index in [0.29, 0.717) is 29.5 Å². The lowest BCUT2D eigenvalue weighted by molar-refractivity contribution is -0.161. The van der Waals surface area contributed by atoms with Crippen LogP contribution in [0, 0.1) is 18.2 Å². The van der Waals surface area contributed by atoms with E-state index in [9.17, 15) is 14.0 Å². The number of piperidine rings is 1. The van der Waals surface area contributed by atoms with Crippen molar-refractivity contribution in [3.63, 3.8) is 0 Å². The molecule has 6 heteroatoms. The first-order valence-corrected chi connectivity index (χ1v) is 11.0. The lowest BCUT2D eigenvalue weighted by Crippen LogP contribution is -2.50. The molecule has 0 aromatic heterocycles. The molecular formula is C26H30FNO4. The van der Waals surface area contributed by atoms with Crippen LogP contribution in [0.25, 0.3) is 10.8 Å². The highest BCUT2D eigenvalue weighted by molar-refractivity contribution is 5.93. The zero-order valence-corrected chi connectivity index (χ0v) is 19.3. The van der Waals surface area contributed by atoms with Crippen molar-refractivity contribution in [2.75, 3.05) is 6.54 Å². The SMILES string of the molecule is C#Cc1c(F)ccc2cc(OC(=O)N3CCCCC3C(=O)OC(C)(C)C)cc(C(C)C)c12. The monoisotopic (exact) mass is 439 g/mol. The number of hydrogen-bond acceptors (Lipinski definition) is 4. The Hall–Kier alpha value is -3.07. The molecule has 170 valence electrons. The number of hydrogen-bond donors (Lipinski definition) is 0. The number of carbonyl (C=O) groups is 2. The van der Waals surface area contributed by atoms with E-state index in [2.05, 4.69) is 5.92 Å². The second kappa shape index (κ2) is 9.20. The number of rotatable bonds is 3. The van der Waals surface area contributed by atoms with Gasteiger partial charge in [-0.2, -0.15) is 0 Å². The minimum Gasteiger partial charge on any atom is -0.458 e. The van der Waals surface area contributed by atoms with Gasteiger partial charge in [0.05, 0.1) is 5.56 Å². The number of esters is 1. The van der Waals surface area contributed by atoms with Crippen molar-refractivity contribution in [3.8, 4) is 18.1 Å². The van der Waals surface area contributed by atoms with Gasteiger partial charge in [0, 0.05) is 11.9 Å². The first kappa shape index (κ1) is 23.6. The van der Waals surface area contributed by atoms with E-state index < -0.39 is 29.5 Å². The predicted octanol–water partition coefficient (Wildman–Crippen LogP) is 5.78. The van der Waals surface area contributed by atoms with Gasteiger partial charge in [0.2, 0.25) is 0 Å². The largest absolute Gasteiger partial charge is 0.458 e. The molecule has 1 aliphatic rings. The Labute approximate surface area is 188 Å². The maximum Gasteiger partial charge on any atom is 0.415 e. The molecule has 0 N–H and O–H groups in total. The maximum absolute atomic E-state index is 14.3. The fourth-order valence-electron chi connectivity index (χ4n) is 4.02. The van der Waals surface area contributed by atoms with Crippen molar-refractivity contribution < 1.29 is 23.5 Å². The van der Waals surface area contributed by atoms with Gasteiger partial charge in [0.1, 0.15) is 23.2 Å². The summed E-state index contributed by atoms with van der Waals surface area (Å²) < 4.78 is 25.5. The second-order valence-electron chi connectivity index (χ2n) is 9.44. The summed E-state index contributed by atoms with van der Waals surface area (Å²) in [6, 6.07) is 5.65. The Morgan fingerprint density at radius 1 is 1.22 bits per heavy atom. The molecule has 1 heterocycles. The summed E-state index contributed by atoms with van der Waals surface area (Å²) in [5, 5.41) is 1.34. The fourth-order valence-corrected chi connectivity index (χ4v) is 4.02. The van der Waals surface area contributed by atoms with E-state index in [-0.39, 0.29) is 11.5 Å². The number of terminal acetylenes is 1. The summed E-state index contributed by atoms with van der Waals surface area (Å²) in [6.07, 6.45) is 7.11. The average molecular weight is 440 g/mol. The minimum absolute atomic E-state index is 0.0227. The Bertz CT molecular complexity index is 1080. The van der Waals surface area contributed by atoms with E-state index >= 15 is 0 Å². The maximum atomic E-state index is 14.3. The molecule has 3 rings (SSSR count). The summed E-state index contributed by atoms with van der Waals surface area (Å²) in [5.74, 6) is 1.91. The van der Waals surface area contributed by atoms with Gasteiger partial charge in [-0.25, -0.2) is 14.0 Å². The zero-order chi connectivity index (χ0) is 23.6. The molecule has 0 spiro atoms. The summed E-state index contributed by atoms with van der Waals surface area (Å²) in [5.41, 5.74) is 0.351. The fraction of sp³-hybridized carbons (Fsp3) is 0.462. The molecule has 1 saturated heterocycles. The van der Waals surface area contributed by atoms with Crippen molar-refractivity contribution in [2.24, 2.45) is 0 Å². The Kier molecular flexibility index (Phi) is 6.78. The van der Waals surface area contributed by atoms with Gasteiger partial charge < -0.3 is 9.47 Å². The summed E-state index contributed by atoms with van der Waals surface area (Å²) in [6.45, 7) is 9.74. The lowest BCUT2D eigenvalue weighted by atomic mass is 9.92. The molecule has 2 aromatic carbocycles. The molecule has 1 fully saturated rings. The molecule has 1 atom stereocenters. The third-order valence-corrected chi connectivity index (χ3v) is 5.46. The van der Waals surface area contributed by atoms with Crippen LogP contribution in [0.3, 0.4) is 0 Å². The third-order valence-electron chi connectivity index (χ3n) is 5.46. The van der Waals surface area contributed by atoms with Crippen LogP contribution in [0.15, 0.2) is 24.3 Å². The highest BCUT2D eigenvalue weighted by Crippen LogP contribution is 2.34. The van der Waals surface area contributed by atoms with Crippen molar-refractivity contribution in [1.29, 1.82) is 0 Å². The molecule has 2 aromatic rings. The van der Waals surface area contributed by atoms with Crippen LogP contribution in [-0.2, 0) is 9.53 Å². The van der Waals surface area contributed by atoms with Crippen LogP contribution in [0.4, 0.5) is 9.18 Å². The predicted molar refractivity (Wildman–Crippen MR) is 122 cm³/mol. The Morgan fingerprint density at radius 3 is 2.56 bits per heavy atom. The van der Waals surface area contributed by atoms with Gasteiger partial charge in [-0.1, -0.05) is 25.8 Å². The molecule has 0 radical (unpaired) electrons. The summed E-state index contributed by atoms with van der Waals surface area (Å²) >= 11 is 0. The van der Waals surface area contributed by atoms with E-state index in [1.807, 2.05) is 13.8 Å². The lowest BCUT2D eigenvalue weighted by Gasteiger charge is -2.34. The van der Waals surface area contributed by atoms with Crippen LogP contribution in [-0.4, -0.2) is 35.2 Å². The highest BCUT2D eigenvalue weighted by Gasteiger charge is 2.36. The Morgan fingerprint density at radius 2 is 1.94 bits per heavy atom. The first-order valence-electron chi connectivity index (χ1n) is 11.0. The van der Waals surface area contributed by atoms with Crippen molar-refractivity contribution >= 4 is 22.8 Å². The van der Waals surface area contributed by atoms with Crippen LogP contribution < -0.4 is 4.74 Å². The molecule has 0 saturated carbocycles. The van der Waals surface area contributed by atoms with E-state index in [1.165, 1.54) is 11.0 Å². The number of amides is 1. The number of carbonyl (C=O) groups excluding carboxylic acids is 2. The molecule has 32 heavy (non-hydrogen) atoms. The van der Waals surface area contributed by atoms with E-state index in [4.69, 9.17) is 15.9 Å². The van der Waals surface area contributed by atoms with Crippen molar-refractivity contribution in [3.05, 3.63) is 41.2 Å². The molecule has 1 unspecified atom stereocenters. The van der Waals surface area contributed by atoms with Gasteiger partial charge in [-0.15, -0.1) is 6.42 Å². The van der Waals surface area contributed by atoms with Crippen molar-refractivity contribution in [2.45, 2.75) is 71.4 Å². The van der Waals surface area contributed by atoms with E-state index in [1.54, 1.807) is 39.0 Å². The van der Waals surface area contributed by atoms with Crippen LogP contribution in [0.5, 0.6) is 5.75 Å². The van der Waals surface area contributed by atoms with Gasteiger partial charge in [0.25, 0.3) is 0 Å². The number of nitrogens with zero attached hydrogens (tertiary/aromatic N) is 1. The topological polar surface area (TPSA) is 55.8 Å². The van der Waals surface area contributed by atoms with Gasteiger partial charge in [-0.05, 0) is 75.1 Å². The first-order chi connectivity index (χ1) is 15.0. The quantitative estimate of drug-likeness (QED) is 0.449. The molecule has 1 aliphatic heterocycles. The zero-order valence-electron chi connectivity index (χ0n) is 19.3. The Balaban J connectivity index is 1.93. The minimum atomic E-state index is -0.678. The molecule has 0 aliphatic carbocycles.